The van der Waals surface area contributed by atoms with E-state index in [0.717, 1.165) is 30.2 Å². The molecule has 1 fully saturated rings. The maximum atomic E-state index is 12.0. The van der Waals surface area contributed by atoms with Gasteiger partial charge in [0.1, 0.15) is 0 Å². The molecule has 1 unspecified atom stereocenters. The van der Waals surface area contributed by atoms with E-state index in [1.807, 2.05) is 12.2 Å². The fraction of sp³-hybridized carbons (Fsp3) is 0.500. The van der Waals surface area contributed by atoms with Gasteiger partial charge in [-0.2, -0.15) is 0 Å². The Balaban J connectivity index is 1.84. The van der Waals surface area contributed by atoms with Crippen molar-refractivity contribution in [2.75, 3.05) is 0 Å². The Hall–Kier alpha value is -0.710. The summed E-state index contributed by atoms with van der Waals surface area (Å²) in [5.74, 6) is 0.688. The summed E-state index contributed by atoms with van der Waals surface area (Å²) in [6.45, 7) is 5.83. The number of halogens is 1. The number of thiophene rings is 1. The van der Waals surface area contributed by atoms with Crippen LogP contribution in [0.3, 0.4) is 0 Å². The van der Waals surface area contributed by atoms with Crippen molar-refractivity contribution in [3.05, 3.63) is 45.1 Å². The fourth-order valence-corrected chi connectivity index (χ4v) is 4.64. The number of carbonyl (C=O) groups excluding carboxylic acids is 1. The molecule has 1 heterocycles. The molecule has 1 aromatic rings. The highest BCUT2D eigenvalue weighted by Gasteiger charge is 2.32. The van der Waals surface area contributed by atoms with Gasteiger partial charge in [-0.3, -0.25) is 4.79 Å². The second-order valence-electron chi connectivity index (χ2n) is 5.94. The maximum absolute atomic E-state index is 12.0. The van der Waals surface area contributed by atoms with E-state index in [4.69, 9.17) is 0 Å². The summed E-state index contributed by atoms with van der Waals surface area (Å²) in [6, 6.07) is 2.10. The van der Waals surface area contributed by atoms with Crippen molar-refractivity contribution < 1.29 is 9.90 Å². The first-order valence-corrected chi connectivity index (χ1v) is 9.37. The lowest BCUT2D eigenvalue weighted by atomic mass is 9.91. The molecular weight excluding hydrogens is 360 g/mol. The Morgan fingerprint density at radius 2 is 2.32 bits per heavy atom. The fourth-order valence-electron chi connectivity index (χ4n) is 3.04. The van der Waals surface area contributed by atoms with E-state index >= 15 is 0 Å². The molecule has 1 aliphatic carbocycles. The predicted octanol–water partition coefficient (Wildman–Crippen LogP) is 4.84. The molecule has 1 aromatic heterocycles. The van der Waals surface area contributed by atoms with Gasteiger partial charge in [0.05, 0.1) is 6.10 Å². The van der Waals surface area contributed by atoms with E-state index < -0.39 is 0 Å². The lowest BCUT2D eigenvalue weighted by Crippen LogP contribution is -2.17. The van der Waals surface area contributed by atoms with E-state index in [-0.39, 0.29) is 17.8 Å². The smallest absolute Gasteiger partial charge is 0.155 e. The number of hydrogen-bond donors (Lipinski definition) is 1. The molecule has 1 N–H and O–H groups in total. The van der Waals surface area contributed by atoms with Crippen LogP contribution in [0.15, 0.2) is 35.3 Å². The molecule has 0 amide bonds. The lowest BCUT2D eigenvalue weighted by Gasteiger charge is -2.17. The summed E-state index contributed by atoms with van der Waals surface area (Å²) >= 11 is 5.24. The number of aliphatic hydroxyl groups excluding tert-OH is 1. The average molecular weight is 383 g/mol. The highest BCUT2D eigenvalue weighted by Crippen LogP contribution is 2.35. The molecule has 4 heteroatoms. The summed E-state index contributed by atoms with van der Waals surface area (Å²) in [7, 11) is 0. The van der Waals surface area contributed by atoms with Gasteiger partial charge in [0, 0.05) is 20.6 Å². The Morgan fingerprint density at radius 3 is 2.95 bits per heavy atom. The van der Waals surface area contributed by atoms with Crippen molar-refractivity contribution >= 4 is 33.0 Å². The Labute approximate surface area is 145 Å². The van der Waals surface area contributed by atoms with Gasteiger partial charge in [-0.25, -0.2) is 0 Å². The minimum atomic E-state index is -0.255. The van der Waals surface area contributed by atoms with Gasteiger partial charge in [-0.1, -0.05) is 12.2 Å². The van der Waals surface area contributed by atoms with E-state index in [9.17, 15) is 9.90 Å². The first-order valence-electron chi connectivity index (χ1n) is 7.76. The quantitative estimate of drug-likeness (QED) is 0.540. The van der Waals surface area contributed by atoms with Crippen molar-refractivity contribution in [1.82, 2.24) is 0 Å². The number of aliphatic hydroxyl groups is 1. The van der Waals surface area contributed by atoms with E-state index in [2.05, 4.69) is 35.5 Å². The van der Waals surface area contributed by atoms with Crippen LogP contribution in [0.4, 0.5) is 0 Å². The third-order valence-electron chi connectivity index (χ3n) is 4.33. The molecule has 3 atom stereocenters. The van der Waals surface area contributed by atoms with E-state index in [1.165, 1.54) is 9.75 Å². The molecule has 2 nitrogen and oxygen atoms in total. The molecule has 2 rings (SSSR count). The molecule has 0 saturated heterocycles. The van der Waals surface area contributed by atoms with Gasteiger partial charge in [-0.15, -0.1) is 17.9 Å². The number of carbonyl (C=O) groups is 1. The third kappa shape index (κ3) is 4.64. The van der Waals surface area contributed by atoms with Crippen LogP contribution in [0.5, 0.6) is 0 Å². The largest absolute Gasteiger partial charge is 0.393 e. The van der Waals surface area contributed by atoms with E-state index in [0.29, 0.717) is 12.3 Å². The average Bonchev–Trinajstić information content (AvgIpc) is 2.99. The normalized spacial score (nSPS) is 25.0. The molecule has 0 radical (unpaired) electrons. The van der Waals surface area contributed by atoms with Crippen molar-refractivity contribution in [3.8, 4) is 0 Å². The molecule has 22 heavy (non-hydrogen) atoms. The molecule has 0 bridgehead atoms. The van der Waals surface area contributed by atoms with Crippen molar-refractivity contribution in [2.24, 2.45) is 11.8 Å². The standard InChI is InChI=1S/C18H23BrO2S/c1-3-4-16-13(6-10-18(16)21)5-7-14(20)8-9-15-11-17(19)12(2)22-15/h3,5,7,11,13,16,18,21H,1,4,6,8-10H2,2H3/b7-5+/t13-,16+,18?/m0/s1. The molecule has 0 aliphatic heterocycles. The van der Waals surface area contributed by atoms with Gasteiger partial charge < -0.3 is 5.11 Å². The van der Waals surface area contributed by atoms with Crippen molar-refractivity contribution in [2.45, 2.75) is 45.1 Å². The summed E-state index contributed by atoms with van der Waals surface area (Å²) in [6.07, 6.45) is 9.26. The highest BCUT2D eigenvalue weighted by molar-refractivity contribution is 9.10. The number of aryl methyl sites for hydroxylation is 2. The molecule has 0 spiro atoms. The highest BCUT2D eigenvalue weighted by atomic mass is 79.9. The summed E-state index contributed by atoms with van der Waals surface area (Å²) in [5.41, 5.74) is 0. The van der Waals surface area contributed by atoms with Gasteiger partial charge in [0.2, 0.25) is 0 Å². The summed E-state index contributed by atoms with van der Waals surface area (Å²) in [4.78, 5) is 14.5. The van der Waals surface area contributed by atoms with Gasteiger partial charge in [0.25, 0.3) is 0 Å². The van der Waals surface area contributed by atoms with Crippen molar-refractivity contribution in [1.29, 1.82) is 0 Å². The van der Waals surface area contributed by atoms with Crippen LogP contribution < -0.4 is 0 Å². The van der Waals surface area contributed by atoms with Crippen LogP contribution in [0.1, 0.15) is 35.4 Å². The van der Waals surface area contributed by atoms with E-state index in [1.54, 1.807) is 17.4 Å². The predicted molar refractivity (Wildman–Crippen MR) is 96.3 cm³/mol. The first kappa shape index (κ1) is 17.6. The van der Waals surface area contributed by atoms with Crippen LogP contribution in [0.2, 0.25) is 0 Å². The van der Waals surface area contributed by atoms with Gasteiger partial charge >= 0.3 is 0 Å². The minimum absolute atomic E-state index is 0.168. The Kier molecular flexibility index (Phi) is 6.60. The summed E-state index contributed by atoms with van der Waals surface area (Å²) < 4.78 is 1.13. The topological polar surface area (TPSA) is 37.3 Å². The SMILES string of the molecule is C=CC[C@H]1C(O)CC[C@@H]1/C=C/C(=O)CCc1cc(Br)c(C)s1. The van der Waals surface area contributed by atoms with Crippen LogP contribution >= 0.6 is 27.3 Å². The molecular formula is C18H23BrO2S. The van der Waals surface area contributed by atoms with Crippen molar-refractivity contribution in [3.63, 3.8) is 0 Å². The summed E-state index contributed by atoms with van der Waals surface area (Å²) in [5, 5.41) is 9.97. The number of hydrogen-bond acceptors (Lipinski definition) is 3. The van der Waals surface area contributed by atoms with Crippen LogP contribution in [-0.4, -0.2) is 17.0 Å². The molecule has 1 saturated carbocycles. The lowest BCUT2D eigenvalue weighted by molar-refractivity contribution is -0.114. The second-order valence-corrected chi connectivity index (χ2v) is 8.13. The zero-order valence-corrected chi connectivity index (χ0v) is 15.3. The van der Waals surface area contributed by atoms with Gasteiger partial charge in [-0.05, 0) is 72.5 Å². The number of ketones is 1. The first-order chi connectivity index (χ1) is 10.5. The molecule has 120 valence electrons. The molecule has 1 aliphatic rings. The van der Waals surface area contributed by atoms with Crippen LogP contribution in [0.25, 0.3) is 0 Å². The Morgan fingerprint density at radius 1 is 1.55 bits per heavy atom. The molecule has 0 aromatic carbocycles. The van der Waals surface area contributed by atoms with Crippen LogP contribution in [0, 0.1) is 18.8 Å². The van der Waals surface area contributed by atoms with Crippen LogP contribution in [-0.2, 0) is 11.2 Å². The Bertz CT molecular complexity index is 542. The third-order valence-corrected chi connectivity index (χ3v) is 6.53. The number of allylic oxidation sites excluding steroid dienone is 3. The second kappa shape index (κ2) is 8.23. The monoisotopic (exact) mass is 382 g/mol. The zero-order valence-electron chi connectivity index (χ0n) is 12.9. The maximum Gasteiger partial charge on any atom is 0.155 e. The zero-order chi connectivity index (χ0) is 16.1. The minimum Gasteiger partial charge on any atom is -0.393 e. The van der Waals surface area contributed by atoms with Gasteiger partial charge in [0.15, 0.2) is 5.78 Å². The number of rotatable bonds is 7.